The van der Waals surface area contributed by atoms with Gasteiger partial charge < -0.3 is 4.98 Å². The highest BCUT2D eigenvalue weighted by molar-refractivity contribution is 7.25. The molecule has 0 spiro atoms. The van der Waals surface area contributed by atoms with Crippen molar-refractivity contribution in [2.24, 2.45) is 0 Å². The molecule has 6 heteroatoms. The van der Waals surface area contributed by atoms with Gasteiger partial charge in [-0.15, -0.1) is 11.3 Å². The van der Waals surface area contributed by atoms with Crippen molar-refractivity contribution < 1.29 is 0 Å². The van der Waals surface area contributed by atoms with Crippen LogP contribution in [0.15, 0.2) is 46.0 Å². The summed E-state index contributed by atoms with van der Waals surface area (Å²) in [5, 5.41) is 0.836. The molecule has 2 N–H and O–H groups in total. The third-order valence-electron chi connectivity index (χ3n) is 3.60. The Kier molecular flexibility index (Phi) is 2.74. The zero-order chi connectivity index (χ0) is 15.3. The van der Waals surface area contributed by atoms with Crippen molar-refractivity contribution in [3.05, 3.63) is 62.8 Å². The molecule has 0 bridgehead atoms. The molecule has 0 amide bonds. The quantitative estimate of drug-likeness (QED) is 0.567. The number of thiophene rings is 1. The van der Waals surface area contributed by atoms with E-state index in [2.05, 4.69) is 15.0 Å². The van der Waals surface area contributed by atoms with Crippen LogP contribution in [0.1, 0.15) is 5.56 Å². The smallest absolute Gasteiger partial charge is 0.305 e. The van der Waals surface area contributed by atoms with Gasteiger partial charge in [0, 0.05) is 10.9 Å². The fraction of sp³-hybridized carbons (Fsp3) is 0.0625. The number of pyridine rings is 1. The van der Waals surface area contributed by atoms with Crippen LogP contribution in [0.2, 0.25) is 0 Å². The van der Waals surface area contributed by atoms with Crippen molar-refractivity contribution in [2.75, 3.05) is 0 Å². The van der Waals surface area contributed by atoms with E-state index in [1.807, 2.05) is 43.3 Å². The first kappa shape index (κ1) is 13.0. The van der Waals surface area contributed by atoms with Crippen molar-refractivity contribution in [3.63, 3.8) is 0 Å². The zero-order valence-electron chi connectivity index (χ0n) is 11.6. The van der Waals surface area contributed by atoms with Crippen LogP contribution < -0.4 is 11.2 Å². The summed E-state index contributed by atoms with van der Waals surface area (Å²) in [6, 6.07) is 11.8. The fourth-order valence-corrected chi connectivity index (χ4v) is 3.72. The summed E-state index contributed by atoms with van der Waals surface area (Å²) < 4.78 is 0.496. The topological polar surface area (TPSA) is 78.6 Å². The van der Waals surface area contributed by atoms with Crippen LogP contribution in [0.25, 0.3) is 31.7 Å². The number of hydrogen-bond acceptors (Lipinski definition) is 4. The Labute approximate surface area is 128 Å². The van der Waals surface area contributed by atoms with E-state index in [4.69, 9.17) is 0 Å². The summed E-state index contributed by atoms with van der Waals surface area (Å²) in [5.74, 6) is 0. The van der Waals surface area contributed by atoms with Crippen LogP contribution in [-0.4, -0.2) is 15.0 Å². The van der Waals surface area contributed by atoms with Gasteiger partial charge in [-0.05, 0) is 18.6 Å². The Morgan fingerprint density at radius 2 is 1.86 bits per heavy atom. The summed E-state index contributed by atoms with van der Waals surface area (Å²) in [6.07, 6.45) is 0. The van der Waals surface area contributed by atoms with Crippen molar-refractivity contribution in [3.8, 4) is 11.3 Å². The third-order valence-corrected chi connectivity index (χ3v) is 4.68. The summed E-state index contributed by atoms with van der Waals surface area (Å²) in [5.41, 5.74) is 2.56. The van der Waals surface area contributed by atoms with E-state index in [1.54, 1.807) is 0 Å². The molecule has 4 aromatic rings. The first-order valence-corrected chi connectivity index (χ1v) is 7.57. The predicted molar refractivity (Wildman–Crippen MR) is 88.5 cm³/mol. The number of hydrogen-bond donors (Lipinski definition) is 2. The van der Waals surface area contributed by atoms with Crippen molar-refractivity contribution in [1.82, 2.24) is 15.0 Å². The number of nitrogens with zero attached hydrogens (tertiary/aromatic N) is 1. The lowest BCUT2D eigenvalue weighted by Crippen LogP contribution is -2.20. The second kappa shape index (κ2) is 4.64. The molecule has 0 aliphatic rings. The van der Waals surface area contributed by atoms with E-state index in [-0.39, 0.29) is 5.56 Å². The first-order chi connectivity index (χ1) is 10.6. The largest absolute Gasteiger partial charge is 0.326 e. The number of H-pyrrole nitrogens is 2. The Morgan fingerprint density at radius 3 is 2.64 bits per heavy atom. The fourth-order valence-electron chi connectivity index (χ4n) is 2.62. The number of aryl methyl sites for hydroxylation is 1. The molecule has 22 heavy (non-hydrogen) atoms. The predicted octanol–water partition coefficient (Wildman–Crippen LogP) is 2.80. The third kappa shape index (κ3) is 1.88. The molecular formula is C16H11N3O2S. The number of aromatic nitrogens is 3. The standard InChI is InChI=1S/C16H11N3O2S/c1-8-7-10(9-5-3-2-4-6-9)17-15-11(8)12-13(22-15)14(20)19-16(21)18-12/h2-7H,1H3,(H2,18,19,20,21). The van der Waals surface area contributed by atoms with E-state index < -0.39 is 5.69 Å². The summed E-state index contributed by atoms with van der Waals surface area (Å²) >= 11 is 1.29. The molecule has 0 fully saturated rings. The molecule has 0 aliphatic carbocycles. The molecule has 1 aromatic carbocycles. The number of nitrogens with one attached hydrogen (secondary N) is 2. The lowest BCUT2D eigenvalue weighted by atomic mass is 10.1. The molecule has 0 aliphatic heterocycles. The van der Waals surface area contributed by atoms with Crippen molar-refractivity contribution in [2.45, 2.75) is 6.92 Å². The lowest BCUT2D eigenvalue weighted by Gasteiger charge is -2.03. The maximum Gasteiger partial charge on any atom is 0.326 e. The van der Waals surface area contributed by atoms with Crippen LogP contribution in [0, 0.1) is 6.92 Å². The Hall–Kier alpha value is -2.73. The average molecular weight is 309 g/mol. The van der Waals surface area contributed by atoms with E-state index in [0.717, 1.165) is 27.0 Å². The molecule has 5 nitrogen and oxygen atoms in total. The summed E-state index contributed by atoms with van der Waals surface area (Å²) in [6.45, 7) is 1.96. The van der Waals surface area contributed by atoms with E-state index in [9.17, 15) is 9.59 Å². The second-order valence-electron chi connectivity index (χ2n) is 5.09. The summed E-state index contributed by atoms with van der Waals surface area (Å²) in [7, 11) is 0. The Morgan fingerprint density at radius 1 is 1.09 bits per heavy atom. The molecule has 0 saturated heterocycles. The van der Waals surface area contributed by atoms with Gasteiger partial charge in [0.2, 0.25) is 0 Å². The lowest BCUT2D eigenvalue weighted by molar-refractivity contribution is 1.09. The molecule has 108 valence electrons. The van der Waals surface area contributed by atoms with E-state index in [0.29, 0.717) is 10.2 Å². The molecule has 0 saturated carbocycles. The van der Waals surface area contributed by atoms with Crippen LogP contribution in [0.5, 0.6) is 0 Å². The van der Waals surface area contributed by atoms with Gasteiger partial charge >= 0.3 is 5.69 Å². The van der Waals surface area contributed by atoms with E-state index in [1.165, 1.54) is 11.3 Å². The number of benzene rings is 1. The zero-order valence-corrected chi connectivity index (χ0v) is 12.5. The molecule has 3 heterocycles. The number of fused-ring (bicyclic) bond motifs is 3. The van der Waals surface area contributed by atoms with Gasteiger partial charge in [0.1, 0.15) is 9.53 Å². The summed E-state index contributed by atoms with van der Waals surface area (Å²) in [4.78, 5) is 33.8. The van der Waals surface area contributed by atoms with Gasteiger partial charge in [-0.1, -0.05) is 30.3 Å². The Bertz CT molecular complexity index is 1120. The minimum Gasteiger partial charge on any atom is -0.305 e. The minimum atomic E-state index is -0.497. The van der Waals surface area contributed by atoms with Gasteiger partial charge in [0.05, 0.1) is 11.2 Å². The highest BCUT2D eigenvalue weighted by Gasteiger charge is 2.14. The van der Waals surface area contributed by atoms with Gasteiger partial charge in [0.25, 0.3) is 5.56 Å². The van der Waals surface area contributed by atoms with Gasteiger partial charge in [-0.2, -0.15) is 0 Å². The molecule has 0 atom stereocenters. The van der Waals surface area contributed by atoms with Crippen LogP contribution in [0.3, 0.4) is 0 Å². The van der Waals surface area contributed by atoms with Crippen molar-refractivity contribution in [1.29, 1.82) is 0 Å². The normalized spacial score (nSPS) is 11.3. The highest BCUT2D eigenvalue weighted by Crippen LogP contribution is 2.33. The number of rotatable bonds is 1. The Balaban J connectivity index is 2.12. The molecule has 0 radical (unpaired) electrons. The molecule has 4 rings (SSSR count). The highest BCUT2D eigenvalue weighted by atomic mass is 32.1. The molecular weight excluding hydrogens is 298 g/mol. The monoisotopic (exact) mass is 309 g/mol. The maximum atomic E-state index is 11.9. The van der Waals surface area contributed by atoms with Gasteiger partial charge in [-0.3, -0.25) is 9.78 Å². The molecule has 3 aromatic heterocycles. The van der Waals surface area contributed by atoms with Crippen molar-refractivity contribution >= 4 is 31.8 Å². The van der Waals surface area contributed by atoms with Gasteiger partial charge in [0.15, 0.2) is 0 Å². The van der Waals surface area contributed by atoms with Crippen LogP contribution in [-0.2, 0) is 0 Å². The van der Waals surface area contributed by atoms with Gasteiger partial charge in [-0.25, -0.2) is 9.78 Å². The van der Waals surface area contributed by atoms with Crippen LogP contribution >= 0.6 is 11.3 Å². The number of aromatic amines is 2. The maximum absolute atomic E-state index is 11.9. The first-order valence-electron chi connectivity index (χ1n) is 6.75. The molecule has 0 unspecified atom stereocenters. The van der Waals surface area contributed by atoms with E-state index >= 15 is 0 Å². The average Bonchev–Trinajstić information content (AvgIpc) is 2.87. The minimum absolute atomic E-state index is 0.373. The second-order valence-corrected chi connectivity index (χ2v) is 6.08. The SMILES string of the molecule is Cc1cc(-c2ccccc2)nc2sc3c(=O)[nH]c(=O)[nH]c3c12. The van der Waals surface area contributed by atoms with Crippen LogP contribution in [0.4, 0.5) is 0 Å².